The van der Waals surface area contributed by atoms with Gasteiger partial charge in [0.2, 0.25) is 6.10 Å². The Morgan fingerprint density at radius 2 is 1.59 bits per heavy atom. The predicted octanol–water partition coefficient (Wildman–Crippen LogP) is 3.79. The van der Waals surface area contributed by atoms with E-state index in [1.165, 1.54) is 39.0 Å². The fourth-order valence-corrected chi connectivity index (χ4v) is 1.95. The van der Waals surface area contributed by atoms with Gasteiger partial charge in [-0.15, -0.1) is 19.1 Å². The second-order valence-corrected chi connectivity index (χ2v) is 5.08. The summed E-state index contributed by atoms with van der Waals surface area (Å²) in [4.78, 5) is 22.7. The molecule has 22 heavy (non-hydrogen) atoms. The average Bonchev–Trinajstić information content (AvgIpc) is 2.52. The predicted molar refractivity (Wildman–Crippen MR) is 87.1 cm³/mol. The number of hydrogen-bond donors (Lipinski definition) is 0. The van der Waals surface area contributed by atoms with E-state index in [0.717, 1.165) is 12.8 Å². The summed E-state index contributed by atoms with van der Waals surface area (Å²) in [7, 11) is 0. The van der Waals surface area contributed by atoms with Crippen LogP contribution in [0, 0.1) is 11.8 Å². The number of carbonyl (C=O) groups is 2. The molecule has 0 aromatic heterocycles. The highest BCUT2D eigenvalue weighted by Crippen LogP contribution is 2.12. The van der Waals surface area contributed by atoms with Crippen molar-refractivity contribution < 1.29 is 19.1 Å². The Morgan fingerprint density at radius 3 is 2.27 bits per heavy atom. The first-order valence-electron chi connectivity index (χ1n) is 8.02. The molecule has 1 fully saturated rings. The minimum atomic E-state index is -0.851. The zero-order valence-electron chi connectivity index (χ0n) is 13.9. The maximum Gasteiger partial charge on any atom is 0.349 e. The van der Waals surface area contributed by atoms with E-state index in [2.05, 4.69) is 31.9 Å². The molecule has 4 nitrogen and oxygen atoms in total. The molecule has 1 heterocycles. The number of rotatable bonds is 7. The molecule has 124 valence electrons. The summed E-state index contributed by atoms with van der Waals surface area (Å²) >= 11 is 0. The van der Waals surface area contributed by atoms with Crippen molar-refractivity contribution in [2.24, 2.45) is 0 Å². The second kappa shape index (κ2) is 12.9. The fraction of sp³-hybridized carbons (Fsp3) is 0.667. The van der Waals surface area contributed by atoms with Crippen LogP contribution in [0.4, 0.5) is 0 Å². The van der Waals surface area contributed by atoms with Crippen molar-refractivity contribution in [3.05, 3.63) is 13.2 Å². The first-order valence-corrected chi connectivity index (χ1v) is 8.02. The number of cyclic esters (lactones) is 2. The first kappa shape index (κ1) is 20.2. The Kier molecular flexibility index (Phi) is 11.9. The van der Waals surface area contributed by atoms with Gasteiger partial charge < -0.3 is 9.47 Å². The largest absolute Gasteiger partial charge is 0.448 e. The van der Waals surface area contributed by atoms with Crippen molar-refractivity contribution in [3.63, 3.8) is 0 Å². The normalized spacial score (nSPS) is 19.9. The van der Waals surface area contributed by atoms with E-state index in [4.69, 9.17) is 9.47 Å². The minimum Gasteiger partial charge on any atom is -0.448 e. The average molecular weight is 308 g/mol. The smallest absolute Gasteiger partial charge is 0.349 e. The number of esters is 2. The molecule has 1 rings (SSSR count). The molecular weight excluding hydrogens is 280 g/mol. The summed E-state index contributed by atoms with van der Waals surface area (Å²) in [5.41, 5.74) is 0. The van der Waals surface area contributed by atoms with Crippen LogP contribution in [-0.2, 0) is 19.1 Å². The van der Waals surface area contributed by atoms with Crippen LogP contribution in [-0.4, -0.2) is 24.1 Å². The zero-order chi connectivity index (χ0) is 16.8. The van der Waals surface area contributed by atoms with Gasteiger partial charge in [0.05, 0.1) is 6.42 Å². The van der Waals surface area contributed by atoms with Crippen molar-refractivity contribution in [1.82, 2.24) is 0 Å². The van der Waals surface area contributed by atoms with Gasteiger partial charge in [-0.2, -0.15) is 0 Å². The molecule has 1 saturated heterocycles. The van der Waals surface area contributed by atoms with Gasteiger partial charge in [0.15, 0.2) is 6.10 Å². The highest BCUT2D eigenvalue weighted by Gasteiger charge is 2.34. The minimum absolute atomic E-state index is 0.229. The van der Waals surface area contributed by atoms with Gasteiger partial charge in [-0.25, -0.2) is 9.59 Å². The third-order valence-corrected chi connectivity index (χ3v) is 3.21. The van der Waals surface area contributed by atoms with Crippen molar-refractivity contribution in [3.8, 4) is 11.8 Å². The van der Waals surface area contributed by atoms with Gasteiger partial charge in [0.25, 0.3) is 0 Å². The molecule has 1 aliphatic heterocycles. The van der Waals surface area contributed by atoms with Gasteiger partial charge in [-0.3, -0.25) is 0 Å². The summed E-state index contributed by atoms with van der Waals surface area (Å²) in [5.74, 6) is 4.93. The lowest BCUT2D eigenvalue weighted by Crippen LogP contribution is -2.42. The molecular formula is C18H28O4. The highest BCUT2D eigenvalue weighted by atomic mass is 16.6. The molecule has 0 aromatic carbocycles. The van der Waals surface area contributed by atoms with Crippen LogP contribution in [0.25, 0.3) is 0 Å². The monoisotopic (exact) mass is 308 g/mol. The number of ether oxygens (including phenoxy) is 2. The third-order valence-electron chi connectivity index (χ3n) is 3.21. The molecule has 4 heteroatoms. The summed E-state index contributed by atoms with van der Waals surface area (Å²) < 4.78 is 9.83. The molecule has 0 bridgehead atoms. The van der Waals surface area contributed by atoms with Gasteiger partial charge in [0.1, 0.15) is 0 Å². The van der Waals surface area contributed by atoms with Gasteiger partial charge in [-0.1, -0.05) is 44.9 Å². The Morgan fingerprint density at radius 1 is 0.955 bits per heavy atom. The summed E-state index contributed by atoms with van der Waals surface area (Å²) in [6.45, 7) is 9.70. The molecule has 0 N–H and O–H groups in total. The molecule has 2 atom stereocenters. The van der Waals surface area contributed by atoms with Gasteiger partial charge in [0, 0.05) is 6.42 Å². The van der Waals surface area contributed by atoms with Crippen LogP contribution in [0.1, 0.15) is 65.2 Å². The molecule has 2 unspecified atom stereocenters. The number of hydrogen-bond acceptors (Lipinski definition) is 4. The lowest BCUT2D eigenvalue weighted by molar-refractivity contribution is -0.192. The van der Waals surface area contributed by atoms with Gasteiger partial charge >= 0.3 is 11.9 Å². The molecule has 0 saturated carbocycles. The number of carbonyl (C=O) groups excluding carboxylic acids is 2. The van der Waals surface area contributed by atoms with E-state index in [1.807, 2.05) is 0 Å². The Balaban J connectivity index is 0.00000211. The third kappa shape index (κ3) is 8.51. The lowest BCUT2D eigenvalue weighted by Gasteiger charge is -2.23. The Labute approximate surface area is 134 Å². The van der Waals surface area contributed by atoms with Crippen molar-refractivity contribution in [2.45, 2.75) is 77.4 Å². The maximum atomic E-state index is 11.4. The molecule has 0 aromatic rings. The van der Waals surface area contributed by atoms with Crippen LogP contribution < -0.4 is 0 Å². The van der Waals surface area contributed by atoms with E-state index >= 15 is 0 Å². The van der Waals surface area contributed by atoms with Crippen molar-refractivity contribution in [2.75, 3.05) is 0 Å². The summed E-state index contributed by atoms with van der Waals surface area (Å²) in [6.07, 6.45) is 6.83. The fourth-order valence-electron chi connectivity index (χ4n) is 1.95. The van der Waals surface area contributed by atoms with Crippen LogP contribution in [0.5, 0.6) is 0 Å². The van der Waals surface area contributed by atoms with E-state index in [0.29, 0.717) is 0 Å². The van der Waals surface area contributed by atoms with Crippen molar-refractivity contribution in [1.29, 1.82) is 0 Å². The lowest BCUT2D eigenvalue weighted by atomic mass is 10.1. The summed E-state index contributed by atoms with van der Waals surface area (Å²) in [6, 6.07) is 0. The van der Waals surface area contributed by atoms with E-state index in [9.17, 15) is 9.59 Å². The van der Waals surface area contributed by atoms with Crippen LogP contribution in [0.15, 0.2) is 13.2 Å². The molecule has 0 amide bonds. The Hall–Kier alpha value is -1.76. The van der Waals surface area contributed by atoms with E-state index in [1.54, 1.807) is 0 Å². The molecule has 0 spiro atoms. The second-order valence-electron chi connectivity index (χ2n) is 5.08. The van der Waals surface area contributed by atoms with Crippen LogP contribution >= 0.6 is 0 Å². The zero-order valence-corrected chi connectivity index (χ0v) is 13.9. The van der Waals surface area contributed by atoms with Crippen LogP contribution in [0.2, 0.25) is 0 Å². The van der Waals surface area contributed by atoms with E-state index in [-0.39, 0.29) is 6.42 Å². The van der Waals surface area contributed by atoms with Crippen molar-refractivity contribution >= 4 is 11.9 Å². The van der Waals surface area contributed by atoms with Crippen LogP contribution in [0.3, 0.4) is 0 Å². The SMILES string of the molecule is C=C.CCCCCCCCC#CCC1OC(=O)C(C)OC1=O. The quantitative estimate of drug-likeness (QED) is 0.311. The Bertz CT molecular complexity index is 392. The standard InChI is InChI=1S/C16H24O4.C2H4/c1-3-4-5-6-7-8-9-10-11-12-14-16(18)19-13(2)15(17)20-14;1-2/h13-14H,3-9,12H2,1-2H3;1-2H2. The topological polar surface area (TPSA) is 52.6 Å². The summed E-state index contributed by atoms with van der Waals surface area (Å²) in [5, 5.41) is 0. The first-order chi connectivity index (χ1) is 10.6. The molecule has 0 radical (unpaired) electrons. The van der Waals surface area contributed by atoms with Gasteiger partial charge in [-0.05, 0) is 13.3 Å². The van der Waals surface area contributed by atoms with E-state index < -0.39 is 24.1 Å². The number of unbranched alkanes of at least 4 members (excludes halogenated alkanes) is 6. The highest BCUT2D eigenvalue weighted by molar-refractivity contribution is 5.87. The maximum absolute atomic E-state index is 11.4. The molecule has 1 aliphatic rings. The molecule has 0 aliphatic carbocycles.